The number of ketones is 2. The van der Waals surface area contributed by atoms with Crippen LogP contribution >= 0.6 is 0 Å². The van der Waals surface area contributed by atoms with Crippen molar-refractivity contribution in [2.24, 2.45) is 29.4 Å². The summed E-state index contributed by atoms with van der Waals surface area (Å²) >= 11 is 0. The smallest absolute Gasteiger partial charge is 0.411 e. The minimum atomic E-state index is -2.55. The molecule has 0 aliphatic heterocycles. The number of aliphatic hydroxyl groups excluding tert-OH is 2. The molecule has 0 radical (unpaired) electrons. The molecule has 1 fully saturated rings. The SMILES string of the molecule is CC(C)COC(=O)Nc1ccc(-c2ccc(O)c3c2C[C@H]2C[C@H]4CC(O)C(C(N)=O)C(=O)[C@@]4(O)C(O)=C2C3=O)cc1. The van der Waals surface area contributed by atoms with Gasteiger partial charge in [-0.1, -0.05) is 32.0 Å². The molecule has 3 aliphatic rings. The summed E-state index contributed by atoms with van der Waals surface area (Å²) < 4.78 is 5.14. The monoisotopic (exact) mass is 564 g/mol. The van der Waals surface area contributed by atoms with E-state index < -0.39 is 58.8 Å². The van der Waals surface area contributed by atoms with Crippen LogP contribution in [-0.2, 0) is 20.7 Å². The molecule has 11 nitrogen and oxygen atoms in total. The van der Waals surface area contributed by atoms with E-state index in [-0.39, 0.29) is 48.7 Å². The van der Waals surface area contributed by atoms with Gasteiger partial charge in [-0.25, -0.2) is 4.79 Å². The van der Waals surface area contributed by atoms with Crippen LogP contribution < -0.4 is 11.1 Å². The lowest BCUT2D eigenvalue weighted by atomic mass is 9.57. The zero-order valence-electron chi connectivity index (χ0n) is 22.6. The molecule has 0 aromatic heterocycles. The van der Waals surface area contributed by atoms with E-state index in [4.69, 9.17) is 10.5 Å². The molecule has 2 aromatic carbocycles. The van der Waals surface area contributed by atoms with Crippen molar-refractivity contribution in [2.45, 2.75) is 44.8 Å². The third-order valence-electron chi connectivity index (χ3n) is 8.26. The second-order valence-electron chi connectivity index (χ2n) is 11.4. The Labute approximate surface area is 235 Å². The number of nitrogens with two attached hydrogens (primary N) is 1. The fourth-order valence-electron chi connectivity index (χ4n) is 6.33. The number of amides is 2. The molecule has 0 saturated heterocycles. The molecule has 2 aromatic rings. The molecule has 3 aliphatic carbocycles. The first kappa shape index (κ1) is 28.3. The molecule has 2 unspecified atom stereocenters. The summed E-state index contributed by atoms with van der Waals surface area (Å²) in [5.41, 5.74) is 4.86. The number of rotatable bonds is 5. The number of phenols is 1. The highest BCUT2D eigenvalue weighted by Gasteiger charge is 2.62. The van der Waals surface area contributed by atoms with Gasteiger partial charge in [0.25, 0.3) is 0 Å². The van der Waals surface area contributed by atoms with E-state index in [9.17, 15) is 39.6 Å². The van der Waals surface area contributed by atoms with Gasteiger partial charge in [0, 0.05) is 17.2 Å². The van der Waals surface area contributed by atoms with Gasteiger partial charge >= 0.3 is 6.09 Å². The summed E-state index contributed by atoms with van der Waals surface area (Å²) in [6, 6.07) is 9.87. The standard InChI is InChI=1S/C30H32N2O9/c1-13(2)12-41-29(39)32-17-5-3-14(4-6-17)18-7-8-20(33)23-19(18)10-15-9-16-11-21(34)24(28(31)38)27(37)30(16,40)26(36)22(15)25(23)35/h3-8,13,15-16,21,24,33-34,36,40H,9-12H2,1-2H3,(H2,31,38)(H,32,39)/t15-,16+,21?,24?,30+/m1/s1. The van der Waals surface area contributed by atoms with Gasteiger partial charge < -0.3 is 30.9 Å². The van der Waals surface area contributed by atoms with Crippen molar-refractivity contribution in [3.05, 3.63) is 58.9 Å². The number of phenolic OH excluding ortho intramolecular Hbond substituents is 1. The molecule has 41 heavy (non-hydrogen) atoms. The maximum absolute atomic E-state index is 13.8. The van der Waals surface area contributed by atoms with E-state index in [1.165, 1.54) is 6.07 Å². The fourth-order valence-corrected chi connectivity index (χ4v) is 6.33. The van der Waals surface area contributed by atoms with Crippen molar-refractivity contribution >= 4 is 29.3 Å². The predicted octanol–water partition coefficient (Wildman–Crippen LogP) is 2.62. The molecule has 216 valence electrons. The topological polar surface area (TPSA) is 196 Å². The van der Waals surface area contributed by atoms with E-state index in [1.54, 1.807) is 30.3 Å². The molecule has 5 atom stereocenters. The van der Waals surface area contributed by atoms with Crippen molar-refractivity contribution in [3.8, 4) is 16.9 Å². The van der Waals surface area contributed by atoms with Crippen LogP contribution in [0.5, 0.6) is 5.75 Å². The lowest BCUT2D eigenvalue weighted by molar-refractivity contribution is -0.167. The van der Waals surface area contributed by atoms with Crippen LogP contribution in [0.4, 0.5) is 10.5 Å². The maximum Gasteiger partial charge on any atom is 0.411 e. The number of carbonyl (C=O) groups is 4. The van der Waals surface area contributed by atoms with Gasteiger partial charge in [-0.3, -0.25) is 19.7 Å². The molecule has 0 spiro atoms. The number of hydrogen-bond acceptors (Lipinski definition) is 9. The molecule has 5 rings (SSSR count). The number of nitrogens with one attached hydrogen (secondary N) is 1. The van der Waals surface area contributed by atoms with Crippen LogP contribution in [0.1, 0.15) is 42.6 Å². The number of ether oxygens (including phenoxy) is 1. The highest BCUT2D eigenvalue weighted by Crippen LogP contribution is 2.52. The summed E-state index contributed by atoms with van der Waals surface area (Å²) in [5.74, 6) is -7.31. The number of Topliss-reactive ketones (excluding diaryl/α,β-unsaturated/α-hetero) is 2. The number of allylic oxidation sites excluding steroid dienone is 1. The Bertz CT molecular complexity index is 1480. The number of carbonyl (C=O) groups excluding carboxylic acids is 4. The van der Waals surface area contributed by atoms with Crippen LogP contribution in [-0.4, -0.2) is 62.3 Å². The first-order valence-corrected chi connectivity index (χ1v) is 13.5. The molecule has 0 heterocycles. The molecular weight excluding hydrogens is 532 g/mol. The summed E-state index contributed by atoms with van der Waals surface area (Å²) in [6.45, 7) is 4.13. The Balaban J connectivity index is 1.50. The minimum absolute atomic E-state index is 0.0587. The van der Waals surface area contributed by atoms with Crippen LogP contribution in [0.2, 0.25) is 0 Å². The van der Waals surface area contributed by atoms with Gasteiger partial charge in [0.05, 0.1) is 18.3 Å². The average Bonchev–Trinajstić information content (AvgIpc) is 2.90. The van der Waals surface area contributed by atoms with E-state index in [0.717, 1.165) is 0 Å². The number of hydrogen-bond donors (Lipinski definition) is 6. The molecule has 1 saturated carbocycles. The Morgan fingerprint density at radius 1 is 1.10 bits per heavy atom. The largest absolute Gasteiger partial charge is 0.508 e. The summed E-state index contributed by atoms with van der Waals surface area (Å²) in [4.78, 5) is 50.8. The van der Waals surface area contributed by atoms with Gasteiger partial charge in [0.15, 0.2) is 17.2 Å². The normalized spacial score (nSPS) is 27.1. The maximum atomic E-state index is 13.8. The number of primary amides is 1. The molecule has 2 amide bonds. The van der Waals surface area contributed by atoms with Crippen LogP contribution in [0, 0.1) is 23.7 Å². The van der Waals surface area contributed by atoms with Gasteiger partial charge in [0.1, 0.15) is 17.4 Å². The third kappa shape index (κ3) is 4.64. The lowest BCUT2D eigenvalue weighted by Gasteiger charge is -2.48. The molecule has 0 bridgehead atoms. The van der Waals surface area contributed by atoms with Crippen LogP contribution in [0.15, 0.2) is 47.7 Å². The zero-order chi connectivity index (χ0) is 29.8. The Morgan fingerprint density at radius 3 is 2.41 bits per heavy atom. The number of fused-ring (bicyclic) bond motifs is 3. The van der Waals surface area contributed by atoms with Gasteiger partial charge in [0.2, 0.25) is 5.91 Å². The number of anilines is 1. The summed E-state index contributed by atoms with van der Waals surface area (Å²) in [5, 5.41) is 46.4. The van der Waals surface area contributed by atoms with Gasteiger partial charge in [-0.05, 0) is 66.0 Å². The Hall–Kier alpha value is -4.22. The van der Waals surface area contributed by atoms with Crippen molar-refractivity contribution in [1.82, 2.24) is 0 Å². The van der Waals surface area contributed by atoms with Crippen molar-refractivity contribution < 1.29 is 44.3 Å². The van der Waals surface area contributed by atoms with Gasteiger partial charge in [-0.15, -0.1) is 0 Å². The lowest BCUT2D eigenvalue weighted by Crippen LogP contribution is -2.63. The summed E-state index contributed by atoms with van der Waals surface area (Å²) in [7, 11) is 0. The number of aliphatic hydroxyl groups is 3. The first-order valence-electron chi connectivity index (χ1n) is 13.5. The molecule has 7 N–H and O–H groups in total. The zero-order valence-corrected chi connectivity index (χ0v) is 22.6. The van der Waals surface area contributed by atoms with Crippen molar-refractivity contribution in [1.29, 1.82) is 0 Å². The molecular formula is C30H32N2O9. The third-order valence-corrected chi connectivity index (χ3v) is 8.26. The number of benzene rings is 2. The summed E-state index contributed by atoms with van der Waals surface area (Å²) in [6.07, 6.45) is -1.91. The van der Waals surface area contributed by atoms with Crippen LogP contribution in [0.25, 0.3) is 11.1 Å². The van der Waals surface area contributed by atoms with E-state index in [0.29, 0.717) is 22.4 Å². The minimum Gasteiger partial charge on any atom is -0.508 e. The van der Waals surface area contributed by atoms with E-state index in [2.05, 4.69) is 5.32 Å². The second kappa shape index (κ2) is 10.3. The highest BCUT2D eigenvalue weighted by atomic mass is 16.5. The average molecular weight is 565 g/mol. The quantitative estimate of drug-likeness (QED) is 0.296. The van der Waals surface area contributed by atoms with Crippen LogP contribution in [0.3, 0.4) is 0 Å². The Morgan fingerprint density at radius 2 is 1.78 bits per heavy atom. The second-order valence-corrected chi connectivity index (χ2v) is 11.4. The molecule has 11 heteroatoms. The van der Waals surface area contributed by atoms with Gasteiger partial charge in [-0.2, -0.15) is 0 Å². The number of aromatic hydroxyl groups is 1. The van der Waals surface area contributed by atoms with E-state index in [1.807, 2.05) is 13.8 Å². The van der Waals surface area contributed by atoms with Crippen molar-refractivity contribution in [3.63, 3.8) is 0 Å². The van der Waals surface area contributed by atoms with Crippen molar-refractivity contribution in [2.75, 3.05) is 11.9 Å². The predicted molar refractivity (Wildman–Crippen MR) is 146 cm³/mol. The Kier molecular flexibility index (Phi) is 7.12. The first-order chi connectivity index (χ1) is 19.3. The fraction of sp³-hybridized carbons (Fsp3) is 0.400. The van der Waals surface area contributed by atoms with E-state index >= 15 is 0 Å². The highest BCUT2D eigenvalue weighted by molar-refractivity contribution is 6.16.